The zero-order valence-corrected chi connectivity index (χ0v) is 14.6. The molecule has 0 radical (unpaired) electrons. The highest BCUT2D eigenvalue weighted by atomic mass is 35.5. The van der Waals surface area contributed by atoms with E-state index in [1.165, 1.54) is 0 Å². The van der Waals surface area contributed by atoms with E-state index in [2.05, 4.69) is 11.4 Å². The lowest BCUT2D eigenvalue weighted by atomic mass is 9.81. The van der Waals surface area contributed by atoms with Gasteiger partial charge in [-0.2, -0.15) is 5.26 Å². The largest absolute Gasteiger partial charge is 0.326 e. The fraction of sp³-hybridized carbons (Fsp3) is 0.556. The number of benzene rings is 1. The first-order valence-corrected chi connectivity index (χ1v) is 8.54. The molecule has 124 valence electrons. The number of rotatable bonds is 5. The number of carbonyl (C=O) groups is 1. The standard InChI is InChI=1S/C18H24ClN3O/c1-14(15-8-4-5-9-16(15)19)21-12-17(23)22(2)18(13-20)10-6-3-7-11-18/h4-5,8-9,14,21H,3,6-7,10-12H2,1-2H3. The van der Waals surface area contributed by atoms with Crippen LogP contribution in [0.15, 0.2) is 24.3 Å². The fourth-order valence-electron chi connectivity index (χ4n) is 3.19. The summed E-state index contributed by atoms with van der Waals surface area (Å²) < 4.78 is 0. The molecule has 4 nitrogen and oxygen atoms in total. The Morgan fingerprint density at radius 1 is 1.39 bits per heavy atom. The average molecular weight is 334 g/mol. The summed E-state index contributed by atoms with van der Waals surface area (Å²) in [4.78, 5) is 14.1. The summed E-state index contributed by atoms with van der Waals surface area (Å²) in [5.41, 5.74) is 0.335. The second-order valence-corrected chi connectivity index (χ2v) is 6.69. The number of likely N-dealkylation sites (N-methyl/N-ethyl adjacent to an activating group) is 1. The van der Waals surface area contributed by atoms with Crippen LogP contribution in [0, 0.1) is 11.3 Å². The van der Waals surface area contributed by atoms with Gasteiger partial charge >= 0.3 is 0 Å². The Morgan fingerprint density at radius 3 is 2.65 bits per heavy atom. The molecule has 23 heavy (non-hydrogen) atoms. The molecule has 0 saturated heterocycles. The van der Waals surface area contributed by atoms with E-state index < -0.39 is 5.54 Å². The first kappa shape index (κ1) is 17.8. The number of hydrogen-bond acceptors (Lipinski definition) is 3. The zero-order chi connectivity index (χ0) is 16.9. The predicted molar refractivity (Wildman–Crippen MR) is 92.1 cm³/mol. The molecule has 2 rings (SSSR count). The minimum absolute atomic E-state index is 0.0227. The molecule has 1 aliphatic carbocycles. The van der Waals surface area contributed by atoms with E-state index in [-0.39, 0.29) is 18.5 Å². The minimum Gasteiger partial charge on any atom is -0.326 e. The maximum absolute atomic E-state index is 12.5. The van der Waals surface area contributed by atoms with Crippen molar-refractivity contribution < 1.29 is 4.79 Å². The van der Waals surface area contributed by atoms with Crippen LogP contribution in [0.5, 0.6) is 0 Å². The quantitative estimate of drug-likeness (QED) is 0.894. The van der Waals surface area contributed by atoms with Gasteiger partial charge in [0.1, 0.15) is 5.54 Å². The van der Waals surface area contributed by atoms with Crippen molar-refractivity contribution in [2.75, 3.05) is 13.6 Å². The molecule has 1 fully saturated rings. The molecule has 1 atom stereocenters. The monoisotopic (exact) mass is 333 g/mol. The Hall–Kier alpha value is -1.57. The van der Waals surface area contributed by atoms with Crippen LogP contribution in [0.3, 0.4) is 0 Å². The van der Waals surface area contributed by atoms with Gasteiger partial charge in [-0.05, 0) is 31.4 Å². The maximum atomic E-state index is 12.5. The maximum Gasteiger partial charge on any atom is 0.237 e. The Morgan fingerprint density at radius 2 is 2.04 bits per heavy atom. The number of nitrogens with zero attached hydrogens (tertiary/aromatic N) is 2. The Balaban J connectivity index is 1.96. The van der Waals surface area contributed by atoms with E-state index in [1.54, 1.807) is 11.9 Å². The van der Waals surface area contributed by atoms with Gasteiger partial charge in [-0.3, -0.25) is 4.79 Å². The molecule has 0 heterocycles. The molecule has 1 N–H and O–H groups in total. The van der Waals surface area contributed by atoms with Crippen molar-refractivity contribution in [3.05, 3.63) is 34.9 Å². The first-order chi connectivity index (χ1) is 11.0. The van der Waals surface area contributed by atoms with Crippen LogP contribution in [0.1, 0.15) is 50.6 Å². The van der Waals surface area contributed by atoms with Gasteiger partial charge in [-0.25, -0.2) is 0 Å². The number of nitrogens with one attached hydrogen (secondary N) is 1. The lowest BCUT2D eigenvalue weighted by Gasteiger charge is -2.39. The number of carbonyl (C=O) groups excluding carboxylic acids is 1. The fourth-order valence-corrected chi connectivity index (χ4v) is 3.49. The van der Waals surface area contributed by atoms with Crippen molar-refractivity contribution in [3.8, 4) is 6.07 Å². The van der Waals surface area contributed by atoms with Crippen molar-refractivity contribution in [1.82, 2.24) is 10.2 Å². The molecule has 0 aliphatic heterocycles. The predicted octanol–water partition coefficient (Wildman–Crippen LogP) is 3.68. The second kappa shape index (κ2) is 7.81. The van der Waals surface area contributed by atoms with E-state index in [4.69, 9.17) is 11.6 Å². The molecular weight excluding hydrogens is 310 g/mol. The van der Waals surface area contributed by atoms with Crippen molar-refractivity contribution in [2.24, 2.45) is 0 Å². The van der Waals surface area contributed by atoms with Crippen LogP contribution in [-0.2, 0) is 4.79 Å². The lowest BCUT2D eigenvalue weighted by molar-refractivity contribution is -0.134. The third-order valence-electron chi connectivity index (χ3n) is 4.84. The van der Waals surface area contributed by atoms with Crippen molar-refractivity contribution in [2.45, 2.75) is 50.6 Å². The Kier molecular flexibility index (Phi) is 6.04. The lowest BCUT2D eigenvalue weighted by Crippen LogP contribution is -2.52. The summed E-state index contributed by atoms with van der Waals surface area (Å²) in [6.07, 6.45) is 4.70. The minimum atomic E-state index is -0.634. The molecule has 1 unspecified atom stereocenters. The van der Waals surface area contributed by atoms with Crippen LogP contribution in [0.25, 0.3) is 0 Å². The Bertz CT molecular complexity index is 590. The summed E-state index contributed by atoms with van der Waals surface area (Å²) in [5.74, 6) is -0.0487. The third-order valence-corrected chi connectivity index (χ3v) is 5.18. The van der Waals surface area contributed by atoms with Crippen LogP contribution in [0.4, 0.5) is 0 Å². The van der Waals surface area contributed by atoms with Gasteiger partial charge in [-0.15, -0.1) is 0 Å². The molecule has 0 bridgehead atoms. The highest BCUT2D eigenvalue weighted by molar-refractivity contribution is 6.31. The van der Waals surface area contributed by atoms with E-state index in [9.17, 15) is 10.1 Å². The number of nitriles is 1. The molecule has 1 amide bonds. The van der Waals surface area contributed by atoms with Gasteiger partial charge < -0.3 is 10.2 Å². The van der Waals surface area contributed by atoms with Crippen LogP contribution < -0.4 is 5.32 Å². The molecule has 5 heteroatoms. The van der Waals surface area contributed by atoms with E-state index in [0.29, 0.717) is 5.02 Å². The molecule has 1 aromatic carbocycles. The molecule has 0 spiro atoms. The third kappa shape index (κ3) is 4.04. The average Bonchev–Trinajstić information content (AvgIpc) is 2.59. The number of halogens is 1. The number of hydrogen-bond donors (Lipinski definition) is 1. The highest BCUT2D eigenvalue weighted by Gasteiger charge is 2.38. The summed E-state index contributed by atoms with van der Waals surface area (Å²) >= 11 is 6.18. The number of amides is 1. The van der Waals surface area contributed by atoms with E-state index in [0.717, 1.165) is 37.7 Å². The van der Waals surface area contributed by atoms with Gasteiger partial charge in [0.2, 0.25) is 5.91 Å². The van der Waals surface area contributed by atoms with E-state index in [1.807, 2.05) is 31.2 Å². The second-order valence-electron chi connectivity index (χ2n) is 6.28. The Labute approximate surface area is 143 Å². The van der Waals surface area contributed by atoms with Crippen LogP contribution in [-0.4, -0.2) is 29.9 Å². The SMILES string of the molecule is CC(NCC(=O)N(C)C1(C#N)CCCCC1)c1ccccc1Cl. The summed E-state index contributed by atoms with van der Waals surface area (Å²) in [5, 5.41) is 13.5. The highest BCUT2D eigenvalue weighted by Crippen LogP contribution is 2.32. The van der Waals surface area contributed by atoms with Gasteiger partial charge in [0.25, 0.3) is 0 Å². The smallest absolute Gasteiger partial charge is 0.237 e. The normalized spacial score (nSPS) is 18.0. The van der Waals surface area contributed by atoms with Gasteiger partial charge in [0, 0.05) is 18.1 Å². The van der Waals surface area contributed by atoms with E-state index >= 15 is 0 Å². The zero-order valence-electron chi connectivity index (χ0n) is 13.8. The van der Waals surface area contributed by atoms with Crippen molar-refractivity contribution >= 4 is 17.5 Å². The molecule has 1 aromatic rings. The molecular formula is C18H24ClN3O. The molecule has 1 aliphatic rings. The van der Waals surface area contributed by atoms with Crippen molar-refractivity contribution in [3.63, 3.8) is 0 Å². The van der Waals surface area contributed by atoms with Gasteiger partial charge in [-0.1, -0.05) is 49.1 Å². The summed E-state index contributed by atoms with van der Waals surface area (Å²) in [6.45, 7) is 2.18. The van der Waals surface area contributed by atoms with Gasteiger partial charge in [0.05, 0.1) is 12.6 Å². The van der Waals surface area contributed by atoms with Crippen LogP contribution >= 0.6 is 11.6 Å². The van der Waals surface area contributed by atoms with Crippen molar-refractivity contribution in [1.29, 1.82) is 5.26 Å². The topological polar surface area (TPSA) is 56.1 Å². The first-order valence-electron chi connectivity index (χ1n) is 8.16. The molecule has 0 aromatic heterocycles. The van der Waals surface area contributed by atoms with Gasteiger partial charge in [0.15, 0.2) is 0 Å². The molecule has 1 saturated carbocycles. The van der Waals surface area contributed by atoms with Crippen LogP contribution in [0.2, 0.25) is 5.02 Å². The summed E-state index contributed by atoms with van der Waals surface area (Å²) in [6, 6.07) is 9.97. The summed E-state index contributed by atoms with van der Waals surface area (Å²) in [7, 11) is 1.75.